The van der Waals surface area contributed by atoms with Crippen LogP contribution in [0.5, 0.6) is 0 Å². The lowest BCUT2D eigenvalue weighted by atomic mass is 10.0. The first-order chi connectivity index (χ1) is 5.68. The fourth-order valence-electron chi connectivity index (χ4n) is 1.96. The normalized spacial score (nSPS) is 21.1. The Morgan fingerprint density at radius 1 is 1.42 bits per heavy atom. The van der Waals surface area contributed by atoms with Gasteiger partial charge in [0, 0.05) is 0 Å². The van der Waals surface area contributed by atoms with E-state index in [4.69, 9.17) is 0 Å². The third-order valence-corrected chi connectivity index (χ3v) is 2.80. The summed E-state index contributed by atoms with van der Waals surface area (Å²) in [5.41, 5.74) is 3.35. The minimum Gasteiger partial charge on any atom is -0.207 e. The van der Waals surface area contributed by atoms with Crippen LogP contribution in [-0.2, 0) is 6.42 Å². The molecule has 0 aliphatic heterocycles. The molecule has 0 fully saturated rings. The number of hydrogen-bond donors (Lipinski definition) is 0. The molecule has 2 rings (SSSR count). The Bertz CT molecular complexity index is 315. The zero-order chi connectivity index (χ0) is 8.72. The number of benzene rings is 1. The van der Waals surface area contributed by atoms with Gasteiger partial charge in [-0.3, -0.25) is 0 Å². The summed E-state index contributed by atoms with van der Waals surface area (Å²) in [4.78, 5) is 0. The van der Waals surface area contributed by atoms with Crippen LogP contribution < -0.4 is 0 Å². The van der Waals surface area contributed by atoms with Crippen LogP contribution in [0.2, 0.25) is 0 Å². The van der Waals surface area contributed by atoms with Gasteiger partial charge in [0.15, 0.2) is 0 Å². The van der Waals surface area contributed by atoms with E-state index >= 15 is 0 Å². The molecule has 1 aliphatic rings. The van der Waals surface area contributed by atoms with Crippen LogP contribution in [-0.4, -0.2) is 0 Å². The minimum atomic E-state index is -0.0532. The molecule has 0 N–H and O–H groups in total. The SMILES string of the molecule is Cc1cc2c(cc1F)C(C)CC2. The molecule has 0 spiro atoms. The van der Waals surface area contributed by atoms with Crippen molar-refractivity contribution in [2.45, 2.75) is 32.6 Å². The lowest BCUT2D eigenvalue weighted by Gasteiger charge is -2.05. The summed E-state index contributed by atoms with van der Waals surface area (Å²) < 4.78 is 13.1. The standard InChI is InChI=1S/C11H13F/c1-7-3-4-9-5-8(2)11(12)6-10(7)9/h5-7H,3-4H2,1-2H3. The van der Waals surface area contributed by atoms with Gasteiger partial charge >= 0.3 is 0 Å². The molecule has 0 heterocycles. The van der Waals surface area contributed by atoms with Crippen molar-refractivity contribution in [1.82, 2.24) is 0 Å². The van der Waals surface area contributed by atoms with E-state index in [-0.39, 0.29) is 5.82 Å². The molecule has 1 aromatic carbocycles. The van der Waals surface area contributed by atoms with E-state index in [2.05, 4.69) is 6.92 Å². The maximum Gasteiger partial charge on any atom is 0.126 e. The van der Waals surface area contributed by atoms with Gasteiger partial charge in [-0.2, -0.15) is 0 Å². The van der Waals surface area contributed by atoms with Gasteiger partial charge in [-0.05, 0) is 48.4 Å². The predicted molar refractivity (Wildman–Crippen MR) is 47.9 cm³/mol. The number of rotatable bonds is 0. The van der Waals surface area contributed by atoms with Crippen LogP contribution in [0.1, 0.15) is 36.0 Å². The first-order valence-corrected chi connectivity index (χ1v) is 4.47. The van der Waals surface area contributed by atoms with Crippen LogP contribution in [0.25, 0.3) is 0 Å². The molecule has 0 radical (unpaired) electrons. The lowest BCUT2D eigenvalue weighted by Crippen LogP contribution is -1.90. The van der Waals surface area contributed by atoms with E-state index in [0.717, 1.165) is 12.0 Å². The zero-order valence-corrected chi connectivity index (χ0v) is 7.52. The number of halogens is 1. The molecule has 1 unspecified atom stereocenters. The molecule has 1 aliphatic carbocycles. The third-order valence-electron chi connectivity index (χ3n) is 2.80. The second-order valence-electron chi connectivity index (χ2n) is 3.74. The molecule has 1 aromatic rings. The maximum atomic E-state index is 13.1. The Balaban J connectivity index is 2.56. The molecule has 0 nitrogen and oxygen atoms in total. The van der Waals surface area contributed by atoms with Gasteiger partial charge in [0.1, 0.15) is 5.82 Å². The minimum absolute atomic E-state index is 0.0532. The van der Waals surface area contributed by atoms with Crippen molar-refractivity contribution in [3.8, 4) is 0 Å². The van der Waals surface area contributed by atoms with E-state index in [1.807, 2.05) is 13.0 Å². The Morgan fingerprint density at radius 2 is 2.17 bits per heavy atom. The van der Waals surface area contributed by atoms with Crippen molar-refractivity contribution in [3.63, 3.8) is 0 Å². The van der Waals surface area contributed by atoms with E-state index in [1.54, 1.807) is 6.07 Å². The van der Waals surface area contributed by atoms with Gasteiger partial charge in [0.05, 0.1) is 0 Å². The monoisotopic (exact) mass is 164 g/mol. The molecule has 1 heteroatoms. The van der Waals surface area contributed by atoms with Gasteiger partial charge < -0.3 is 0 Å². The maximum absolute atomic E-state index is 13.1. The van der Waals surface area contributed by atoms with E-state index in [9.17, 15) is 4.39 Å². The first-order valence-electron chi connectivity index (χ1n) is 4.47. The van der Waals surface area contributed by atoms with Gasteiger partial charge in [-0.25, -0.2) is 4.39 Å². The molecule has 1 atom stereocenters. The number of fused-ring (bicyclic) bond motifs is 1. The van der Waals surface area contributed by atoms with Crippen LogP contribution in [0.4, 0.5) is 4.39 Å². The summed E-state index contributed by atoms with van der Waals surface area (Å²) in [7, 11) is 0. The van der Waals surface area contributed by atoms with Crippen molar-refractivity contribution in [1.29, 1.82) is 0 Å². The highest BCUT2D eigenvalue weighted by Crippen LogP contribution is 2.33. The summed E-state index contributed by atoms with van der Waals surface area (Å²) >= 11 is 0. The molecule has 12 heavy (non-hydrogen) atoms. The Kier molecular flexibility index (Phi) is 1.67. The van der Waals surface area contributed by atoms with Crippen LogP contribution in [0, 0.1) is 12.7 Å². The highest BCUT2D eigenvalue weighted by molar-refractivity contribution is 5.38. The van der Waals surface area contributed by atoms with E-state index in [0.29, 0.717) is 5.92 Å². The van der Waals surface area contributed by atoms with Crippen LogP contribution >= 0.6 is 0 Å². The topological polar surface area (TPSA) is 0 Å². The summed E-state index contributed by atoms with van der Waals surface area (Å²) in [5, 5.41) is 0. The average Bonchev–Trinajstić information content (AvgIpc) is 2.35. The predicted octanol–water partition coefficient (Wildman–Crippen LogP) is 3.18. The highest BCUT2D eigenvalue weighted by Gasteiger charge is 2.19. The molecular formula is C11H13F. The largest absolute Gasteiger partial charge is 0.207 e. The van der Waals surface area contributed by atoms with Crippen molar-refractivity contribution < 1.29 is 4.39 Å². The third kappa shape index (κ3) is 1.04. The summed E-state index contributed by atoms with van der Waals surface area (Å²) in [6.45, 7) is 4.00. The van der Waals surface area contributed by atoms with Crippen LogP contribution in [0.15, 0.2) is 12.1 Å². The van der Waals surface area contributed by atoms with E-state index < -0.39 is 0 Å². The molecular weight excluding hydrogens is 151 g/mol. The molecule has 64 valence electrons. The lowest BCUT2D eigenvalue weighted by molar-refractivity contribution is 0.614. The van der Waals surface area contributed by atoms with Crippen molar-refractivity contribution in [2.24, 2.45) is 0 Å². The van der Waals surface area contributed by atoms with E-state index in [1.165, 1.54) is 17.5 Å². The quantitative estimate of drug-likeness (QED) is 0.552. The highest BCUT2D eigenvalue weighted by atomic mass is 19.1. The number of aryl methyl sites for hydroxylation is 2. The second kappa shape index (κ2) is 2.58. The molecule has 0 saturated heterocycles. The molecule has 0 bridgehead atoms. The zero-order valence-electron chi connectivity index (χ0n) is 7.52. The fraction of sp³-hybridized carbons (Fsp3) is 0.455. The Labute approximate surface area is 72.4 Å². The van der Waals surface area contributed by atoms with Gasteiger partial charge in [0.25, 0.3) is 0 Å². The summed E-state index contributed by atoms with van der Waals surface area (Å²) in [6.07, 6.45) is 2.30. The van der Waals surface area contributed by atoms with Gasteiger partial charge in [-0.15, -0.1) is 0 Å². The average molecular weight is 164 g/mol. The van der Waals surface area contributed by atoms with Crippen LogP contribution in [0.3, 0.4) is 0 Å². The Hall–Kier alpha value is -0.850. The Morgan fingerprint density at radius 3 is 2.92 bits per heavy atom. The second-order valence-corrected chi connectivity index (χ2v) is 3.74. The number of hydrogen-bond acceptors (Lipinski definition) is 0. The smallest absolute Gasteiger partial charge is 0.126 e. The van der Waals surface area contributed by atoms with Gasteiger partial charge in [0.2, 0.25) is 0 Å². The van der Waals surface area contributed by atoms with Crippen molar-refractivity contribution in [2.75, 3.05) is 0 Å². The van der Waals surface area contributed by atoms with Crippen molar-refractivity contribution >= 4 is 0 Å². The molecule has 0 aromatic heterocycles. The molecule has 0 amide bonds. The van der Waals surface area contributed by atoms with Gasteiger partial charge in [-0.1, -0.05) is 13.0 Å². The molecule has 0 saturated carbocycles. The summed E-state index contributed by atoms with van der Waals surface area (Å²) in [5.74, 6) is 0.498. The summed E-state index contributed by atoms with van der Waals surface area (Å²) in [6, 6.07) is 3.70. The van der Waals surface area contributed by atoms with Crippen molar-refractivity contribution in [3.05, 3.63) is 34.6 Å². The first kappa shape index (κ1) is 7.78. The fourth-order valence-corrected chi connectivity index (χ4v) is 1.96.